The maximum Gasteiger partial charge on any atom is 0.0107 e. The van der Waals surface area contributed by atoms with E-state index in [2.05, 4.69) is 42.8 Å². The smallest absolute Gasteiger partial charge is 0.0107 e. The van der Waals surface area contributed by atoms with Crippen molar-refractivity contribution in [2.24, 2.45) is 5.41 Å². The van der Waals surface area contributed by atoms with Gasteiger partial charge in [-0.3, -0.25) is 0 Å². The number of hydrogen-bond donors (Lipinski definition) is 1. The van der Waals surface area contributed by atoms with Crippen molar-refractivity contribution in [1.82, 2.24) is 15.1 Å². The lowest BCUT2D eigenvalue weighted by molar-refractivity contribution is 0.0254. The second-order valence-corrected chi connectivity index (χ2v) is 7.58. The van der Waals surface area contributed by atoms with E-state index in [4.69, 9.17) is 0 Å². The van der Waals surface area contributed by atoms with Crippen LogP contribution in [0.5, 0.6) is 0 Å². The predicted molar refractivity (Wildman–Crippen MR) is 87.2 cm³/mol. The van der Waals surface area contributed by atoms with Gasteiger partial charge in [-0.25, -0.2) is 0 Å². The Morgan fingerprint density at radius 1 is 0.900 bits per heavy atom. The highest BCUT2D eigenvalue weighted by atomic mass is 15.2. The van der Waals surface area contributed by atoms with E-state index < -0.39 is 0 Å². The summed E-state index contributed by atoms with van der Waals surface area (Å²) in [7, 11) is 0. The van der Waals surface area contributed by atoms with E-state index in [1.54, 1.807) is 0 Å². The van der Waals surface area contributed by atoms with Crippen molar-refractivity contribution in [1.29, 1.82) is 0 Å². The Kier molecular flexibility index (Phi) is 5.88. The number of nitrogens with one attached hydrogen (secondary N) is 1. The Morgan fingerprint density at radius 3 is 1.95 bits per heavy atom. The van der Waals surface area contributed by atoms with Gasteiger partial charge in [-0.05, 0) is 71.1 Å². The Labute approximate surface area is 126 Å². The number of nitrogens with zero attached hydrogens (tertiary/aromatic N) is 2. The minimum atomic E-state index is 0.617. The SMILES string of the molecule is CC(C)NCCN1CCC2(CC1)CCN(C(C)C)CC2. The van der Waals surface area contributed by atoms with Gasteiger partial charge in [0, 0.05) is 25.2 Å². The summed E-state index contributed by atoms with van der Waals surface area (Å²) >= 11 is 0. The zero-order chi connectivity index (χ0) is 14.6. The molecule has 2 rings (SSSR count). The molecule has 3 heteroatoms. The van der Waals surface area contributed by atoms with Crippen LogP contribution in [0, 0.1) is 5.41 Å². The van der Waals surface area contributed by atoms with Gasteiger partial charge in [0.25, 0.3) is 0 Å². The molecule has 118 valence electrons. The van der Waals surface area contributed by atoms with E-state index in [0.29, 0.717) is 11.5 Å². The van der Waals surface area contributed by atoms with E-state index in [1.165, 1.54) is 58.4 Å². The van der Waals surface area contributed by atoms with Gasteiger partial charge in [0.15, 0.2) is 0 Å². The number of rotatable bonds is 5. The minimum Gasteiger partial charge on any atom is -0.313 e. The molecule has 1 N–H and O–H groups in total. The second kappa shape index (κ2) is 7.24. The van der Waals surface area contributed by atoms with Crippen molar-refractivity contribution in [3.63, 3.8) is 0 Å². The minimum absolute atomic E-state index is 0.617. The van der Waals surface area contributed by atoms with Crippen LogP contribution in [0.15, 0.2) is 0 Å². The zero-order valence-corrected chi connectivity index (χ0v) is 14.1. The summed E-state index contributed by atoms with van der Waals surface area (Å²) in [5.74, 6) is 0. The van der Waals surface area contributed by atoms with Gasteiger partial charge in [-0.15, -0.1) is 0 Å². The molecule has 2 aliphatic rings. The molecule has 2 aliphatic heterocycles. The van der Waals surface area contributed by atoms with E-state index in [1.807, 2.05) is 0 Å². The second-order valence-electron chi connectivity index (χ2n) is 7.58. The molecule has 20 heavy (non-hydrogen) atoms. The average molecular weight is 281 g/mol. The van der Waals surface area contributed by atoms with Crippen LogP contribution in [-0.2, 0) is 0 Å². The predicted octanol–water partition coefficient (Wildman–Crippen LogP) is 2.57. The Morgan fingerprint density at radius 2 is 1.45 bits per heavy atom. The molecule has 0 radical (unpaired) electrons. The van der Waals surface area contributed by atoms with Crippen LogP contribution < -0.4 is 5.32 Å². The number of hydrogen-bond acceptors (Lipinski definition) is 3. The molecule has 0 aromatic rings. The molecule has 0 bridgehead atoms. The fraction of sp³-hybridized carbons (Fsp3) is 1.00. The van der Waals surface area contributed by atoms with Gasteiger partial charge >= 0.3 is 0 Å². The molecule has 0 aromatic heterocycles. The van der Waals surface area contributed by atoms with Crippen molar-refractivity contribution < 1.29 is 0 Å². The Hall–Kier alpha value is -0.120. The maximum atomic E-state index is 3.53. The molecular formula is C17H35N3. The van der Waals surface area contributed by atoms with Gasteiger partial charge in [0.1, 0.15) is 0 Å². The van der Waals surface area contributed by atoms with E-state index in [-0.39, 0.29) is 0 Å². The molecule has 0 amide bonds. The molecule has 3 nitrogen and oxygen atoms in total. The van der Waals surface area contributed by atoms with Crippen molar-refractivity contribution in [2.45, 2.75) is 65.5 Å². The first kappa shape index (κ1) is 16.3. The number of piperidine rings is 2. The molecular weight excluding hydrogens is 246 g/mol. The zero-order valence-electron chi connectivity index (χ0n) is 14.1. The molecule has 0 atom stereocenters. The first-order valence-electron chi connectivity index (χ1n) is 8.71. The molecule has 0 aliphatic carbocycles. The maximum absolute atomic E-state index is 3.53. The fourth-order valence-corrected chi connectivity index (χ4v) is 3.78. The summed E-state index contributed by atoms with van der Waals surface area (Å²) in [6.07, 6.45) is 5.73. The lowest BCUT2D eigenvalue weighted by Crippen LogP contribution is -2.49. The molecule has 0 unspecified atom stereocenters. The van der Waals surface area contributed by atoms with E-state index >= 15 is 0 Å². The highest BCUT2D eigenvalue weighted by Crippen LogP contribution is 2.41. The van der Waals surface area contributed by atoms with Gasteiger partial charge in [0.05, 0.1) is 0 Å². The first-order valence-corrected chi connectivity index (χ1v) is 8.71. The van der Waals surface area contributed by atoms with Gasteiger partial charge < -0.3 is 15.1 Å². The summed E-state index contributed by atoms with van der Waals surface area (Å²) in [6, 6.07) is 1.35. The molecule has 0 saturated carbocycles. The van der Waals surface area contributed by atoms with Crippen LogP contribution in [0.1, 0.15) is 53.4 Å². The molecule has 0 aromatic carbocycles. The third-order valence-corrected chi connectivity index (χ3v) is 5.49. The van der Waals surface area contributed by atoms with Gasteiger partial charge in [-0.2, -0.15) is 0 Å². The third-order valence-electron chi connectivity index (χ3n) is 5.49. The van der Waals surface area contributed by atoms with E-state index in [9.17, 15) is 0 Å². The summed E-state index contributed by atoms with van der Waals surface area (Å²) in [5, 5.41) is 3.53. The van der Waals surface area contributed by atoms with Gasteiger partial charge in [0.2, 0.25) is 0 Å². The summed E-state index contributed by atoms with van der Waals surface area (Å²) in [6.45, 7) is 16.8. The third kappa shape index (κ3) is 4.44. The largest absolute Gasteiger partial charge is 0.313 e. The fourth-order valence-electron chi connectivity index (χ4n) is 3.78. The lowest BCUT2D eigenvalue weighted by atomic mass is 9.71. The monoisotopic (exact) mass is 281 g/mol. The average Bonchev–Trinajstić information content (AvgIpc) is 2.41. The van der Waals surface area contributed by atoms with Crippen LogP contribution in [-0.4, -0.2) is 61.2 Å². The molecule has 1 spiro atoms. The van der Waals surface area contributed by atoms with Crippen LogP contribution in [0.25, 0.3) is 0 Å². The first-order chi connectivity index (χ1) is 9.51. The number of likely N-dealkylation sites (tertiary alicyclic amines) is 2. The molecule has 2 saturated heterocycles. The topological polar surface area (TPSA) is 18.5 Å². The normalized spacial score (nSPS) is 24.9. The summed E-state index contributed by atoms with van der Waals surface area (Å²) in [5.41, 5.74) is 0.688. The Balaban J connectivity index is 1.69. The summed E-state index contributed by atoms with van der Waals surface area (Å²) < 4.78 is 0. The highest BCUT2D eigenvalue weighted by molar-refractivity contribution is 4.91. The molecule has 2 heterocycles. The lowest BCUT2D eigenvalue weighted by Gasteiger charge is -2.47. The van der Waals surface area contributed by atoms with Crippen LogP contribution in [0.2, 0.25) is 0 Å². The highest BCUT2D eigenvalue weighted by Gasteiger charge is 2.37. The molecule has 2 fully saturated rings. The van der Waals surface area contributed by atoms with Crippen LogP contribution in [0.3, 0.4) is 0 Å². The van der Waals surface area contributed by atoms with Gasteiger partial charge in [-0.1, -0.05) is 13.8 Å². The van der Waals surface area contributed by atoms with Crippen molar-refractivity contribution in [3.05, 3.63) is 0 Å². The van der Waals surface area contributed by atoms with Crippen molar-refractivity contribution >= 4 is 0 Å². The quantitative estimate of drug-likeness (QED) is 0.835. The summed E-state index contributed by atoms with van der Waals surface area (Å²) in [4.78, 5) is 5.32. The Bertz CT molecular complexity index is 270. The van der Waals surface area contributed by atoms with Crippen LogP contribution >= 0.6 is 0 Å². The standard InChI is InChI=1S/C17H35N3/c1-15(2)18-9-14-19-10-5-17(6-11-19)7-12-20(13-8-17)16(3)4/h15-16,18H,5-14H2,1-4H3. The van der Waals surface area contributed by atoms with Crippen molar-refractivity contribution in [3.8, 4) is 0 Å². The van der Waals surface area contributed by atoms with Crippen LogP contribution in [0.4, 0.5) is 0 Å². The van der Waals surface area contributed by atoms with E-state index in [0.717, 1.165) is 12.6 Å². The van der Waals surface area contributed by atoms with Crippen molar-refractivity contribution in [2.75, 3.05) is 39.3 Å².